The third-order valence-corrected chi connectivity index (χ3v) is 4.50. The number of aryl methyl sites for hydroxylation is 1. The number of likely N-dealkylation sites (tertiary alicyclic amines) is 1. The van der Waals surface area contributed by atoms with Gasteiger partial charge in [-0.3, -0.25) is 0 Å². The molecule has 1 aliphatic rings. The van der Waals surface area contributed by atoms with Gasteiger partial charge in [0.25, 0.3) is 0 Å². The molecule has 1 N–H and O–H groups in total. The van der Waals surface area contributed by atoms with Crippen LogP contribution < -0.4 is 5.32 Å². The van der Waals surface area contributed by atoms with Crippen molar-refractivity contribution < 1.29 is 0 Å². The first kappa shape index (κ1) is 13.0. The molecule has 0 saturated carbocycles. The Bertz CT molecular complexity index is 337. The molecule has 0 radical (unpaired) electrons. The van der Waals surface area contributed by atoms with Crippen LogP contribution in [0.5, 0.6) is 0 Å². The molecular formula is C13H23N3S. The summed E-state index contributed by atoms with van der Waals surface area (Å²) in [5.41, 5.74) is 0. The van der Waals surface area contributed by atoms with Crippen molar-refractivity contribution in [2.24, 2.45) is 5.92 Å². The van der Waals surface area contributed by atoms with E-state index < -0.39 is 0 Å². The van der Waals surface area contributed by atoms with E-state index in [4.69, 9.17) is 0 Å². The van der Waals surface area contributed by atoms with Crippen LogP contribution in [0.25, 0.3) is 0 Å². The minimum atomic E-state index is 0.826. The van der Waals surface area contributed by atoms with Crippen LogP contribution in [0.3, 0.4) is 0 Å². The molecule has 1 aromatic heterocycles. The highest BCUT2D eigenvalue weighted by molar-refractivity contribution is 7.11. The highest BCUT2D eigenvalue weighted by Gasteiger charge is 2.16. The quantitative estimate of drug-likeness (QED) is 0.871. The zero-order valence-electron chi connectivity index (χ0n) is 10.9. The van der Waals surface area contributed by atoms with E-state index in [0.717, 1.165) is 25.4 Å². The molecule has 1 saturated heterocycles. The predicted octanol–water partition coefficient (Wildman–Crippen LogP) is 2.14. The Kier molecular flexibility index (Phi) is 4.95. The molecule has 2 heterocycles. The average molecular weight is 253 g/mol. The second-order valence-electron chi connectivity index (χ2n) is 4.98. The van der Waals surface area contributed by atoms with Crippen molar-refractivity contribution >= 4 is 11.3 Å². The lowest BCUT2D eigenvalue weighted by atomic mass is 9.98. The van der Waals surface area contributed by atoms with Crippen molar-refractivity contribution in [1.29, 1.82) is 0 Å². The van der Waals surface area contributed by atoms with E-state index in [1.165, 1.54) is 35.8 Å². The Hall–Kier alpha value is -0.450. The first-order valence-electron chi connectivity index (χ1n) is 6.60. The first-order valence-corrected chi connectivity index (χ1v) is 7.42. The van der Waals surface area contributed by atoms with Crippen molar-refractivity contribution in [3.05, 3.63) is 16.1 Å². The number of nitrogens with zero attached hydrogens (tertiary/aromatic N) is 2. The molecule has 0 amide bonds. The molecule has 1 aliphatic heterocycles. The second-order valence-corrected chi connectivity index (χ2v) is 6.18. The molecule has 1 fully saturated rings. The summed E-state index contributed by atoms with van der Waals surface area (Å²) in [6, 6.07) is 0. The van der Waals surface area contributed by atoms with Gasteiger partial charge in [0.15, 0.2) is 0 Å². The zero-order chi connectivity index (χ0) is 12.1. The Morgan fingerprint density at radius 2 is 2.47 bits per heavy atom. The minimum Gasteiger partial charge on any atom is -0.311 e. The van der Waals surface area contributed by atoms with Crippen molar-refractivity contribution in [3.63, 3.8) is 0 Å². The fraction of sp³-hybridized carbons (Fsp3) is 0.769. The third kappa shape index (κ3) is 4.05. The maximum Gasteiger partial charge on any atom is 0.0925 e. The van der Waals surface area contributed by atoms with Gasteiger partial charge in [-0.25, -0.2) is 4.98 Å². The van der Waals surface area contributed by atoms with Crippen LogP contribution in [0.2, 0.25) is 0 Å². The SMILES string of the molecule is CCc1ncc(CNCC2CCCN(C)C2)s1. The molecule has 0 bridgehead atoms. The van der Waals surface area contributed by atoms with E-state index in [-0.39, 0.29) is 0 Å². The standard InChI is InChI=1S/C13H23N3S/c1-3-13-15-9-12(17-13)8-14-7-11-5-4-6-16(2)10-11/h9,11,14H,3-8,10H2,1-2H3. The third-order valence-electron chi connectivity index (χ3n) is 3.36. The molecular weight excluding hydrogens is 230 g/mol. The molecule has 0 aromatic carbocycles. The topological polar surface area (TPSA) is 28.2 Å². The second kappa shape index (κ2) is 6.47. The van der Waals surface area contributed by atoms with Gasteiger partial charge in [-0.15, -0.1) is 11.3 Å². The predicted molar refractivity (Wildman–Crippen MR) is 73.4 cm³/mol. The maximum atomic E-state index is 4.38. The van der Waals surface area contributed by atoms with Crippen molar-refractivity contribution in [3.8, 4) is 0 Å². The molecule has 96 valence electrons. The first-order chi connectivity index (χ1) is 8.28. The van der Waals surface area contributed by atoms with E-state index in [1.807, 2.05) is 17.5 Å². The van der Waals surface area contributed by atoms with Gasteiger partial charge in [0.2, 0.25) is 0 Å². The fourth-order valence-electron chi connectivity index (χ4n) is 2.43. The van der Waals surface area contributed by atoms with Crippen LogP contribution >= 0.6 is 11.3 Å². The Morgan fingerprint density at radius 3 is 3.18 bits per heavy atom. The lowest BCUT2D eigenvalue weighted by Crippen LogP contribution is -2.37. The highest BCUT2D eigenvalue weighted by Crippen LogP contribution is 2.15. The van der Waals surface area contributed by atoms with Gasteiger partial charge < -0.3 is 10.2 Å². The van der Waals surface area contributed by atoms with E-state index >= 15 is 0 Å². The van der Waals surface area contributed by atoms with Crippen LogP contribution in [0.1, 0.15) is 29.7 Å². The van der Waals surface area contributed by atoms with Crippen LogP contribution in [-0.4, -0.2) is 36.6 Å². The minimum absolute atomic E-state index is 0.826. The normalized spacial score (nSPS) is 21.9. The number of aromatic nitrogens is 1. The molecule has 0 spiro atoms. The lowest BCUT2D eigenvalue weighted by molar-refractivity contribution is 0.206. The van der Waals surface area contributed by atoms with Gasteiger partial charge in [0.05, 0.1) is 5.01 Å². The monoisotopic (exact) mass is 253 g/mol. The van der Waals surface area contributed by atoms with Gasteiger partial charge in [0, 0.05) is 24.2 Å². The van der Waals surface area contributed by atoms with Crippen LogP contribution in [-0.2, 0) is 13.0 Å². The van der Waals surface area contributed by atoms with E-state index in [2.05, 4.69) is 29.2 Å². The summed E-state index contributed by atoms with van der Waals surface area (Å²) in [4.78, 5) is 8.19. The van der Waals surface area contributed by atoms with Crippen molar-refractivity contribution in [2.45, 2.75) is 32.7 Å². The van der Waals surface area contributed by atoms with Gasteiger partial charge in [-0.2, -0.15) is 0 Å². The Labute approximate surface area is 108 Å². The molecule has 1 atom stereocenters. The fourth-order valence-corrected chi connectivity index (χ4v) is 3.26. The largest absolute Gasteiger partial charge is 0.311 e. The zero-order valence-corrected chi connectivity index (χ0v) is 11.7. The summed E-state index contributed by atoms with van der Waals surface area (Å²) >= 11 is 1.84. The lowest BCUT2D eigenvalue weighted by Gasteiger charge is -2.29. The van der Waals surface area contributed by atoms with Crippen molar-refractivity contribution in [2.75, 3.05) is 26.7 Å². The van der Waals surface area contributed by atoms with Gasteiger partial charge in [-0.1, -0.05) is 6.92 Å². The van der Waals surface area contributed by atoms with Gasteiger partial charge in [0.1, 0.15) is 0 Å². The molecule has 2 rings (SSSR count). The number of nitrogens with one attached hydrogen (secondary N) is 1. The summed E-state index contributed by atoms with van der Waals surface area (Å²) < 4.78 is 0. The van der Waals surface area contributed by atoms with E-state index in [9.17, 15) is 0 Å². The summed E-state index contributed by atoms with van der Waals surface area (Å²) in [6.45, 7) is 6.80. The van der Waals surface area contributed by atoms with Crippen LogP contribution in [0, 0.1) is 5.92 Å². The molecule has 17 heavy (non-hydrogen) atoms. The molecule has 3 nitrogen and oxygen atoms in total. The molecule has 4 heteroatoms. The number of hydrogen-bond acceptors (Lipinski definition) is 4. The van der Waals surface area contributed by atoms with Crippen molar-refractivity contribution in [1.82, 2.24) is 15.2 Å². The summed E-state index contributed by atoms with van der Waals surface area (Å²) in [7, 11) is 2.23. The van der Waals surface area contributed by atoms with Crippen LogP contribution in [0.15, 0.2) is 6.20 Å². The number of thiazole rings is 1. The Morgan fingerprint density at radius 1 is 1.59 bits per heavy atom. The number of hydrogen-bond donors (Lipinski definition) is 1. The van der Waals surface area contributed by atoms with Crippen LogP contribution in [0.4, 0.5) is 0 Å². The summed E-state index contributed by atoms with van der Waals surface area (Å²) in [5, 5.41) is 4.82. The molecule has 1 unspecified atom stereocenters. The Balaban J connectivity index is 1.68. The number of piperidine rings is 1. The molecule has 1 aromatic rings. The maximum absolute atomic E-state index is 4.38. The highest BCUT2D eigenvalue weighted by atomic mass is 32.1. The average Bonchev–Trinajstić information content (AvgIpc) is 2.77. The number of rotatable bonds is 5. The summed E-state index contributed by atoms with van der Waals surface area (Å²) in [6.07, 6.45) is 5.80. The smallest absolute Gasteiger partial charge is 0.0925 e. The molecule has 0 aliphatic carbocycles. The van der Waals surface area contributed by atoms with E-state index in [0.29, 0.717) is 0 Å². The van der Waals surface area contributed by atoms with E-state index in [1.54, 1.807) is 0 Å². The van der Waals surface area contributed by atoms with Gasteiger partial charge >= 0.3 is 0 Å². The summed E-state index contributed by atoms with van der Waals surface area (Å²) in [5.74, 6) is 0.826. The van der Waals surface area contributed by atoms with Gasteiger partial charge in [-0.05, 0) is 45.3 Å².